The molecule has 0 spiro atoms. The number of aromatic amines is 1. The maximum absolute atomic E-state index is 14.8. The molecular weight excluding hydrogens is 459 g/mol. The lowest BCUT2D eigenvalue weighted by Crippen LogP contribution is -2.28. The summed E-state index contributed by atoms with van der Waals surface area (Å²) >= 11 is 0. The molecule has 0 aliphatic carbocycles. The van der Waals surface area contributed by atoms with E-state index < -0.39 is 5.82 Å². The van der Waals surface area contributed by atoms with Crippen molar-refractivity contribution in [2.24, 2.45) is 0 Å². The molecule has 1 saturated heterocycles. The Morgan fingerprint density at radius 2 is 2.06 bits per heavy atom. The van der Waals surface area contributed by atoms with Crippen molar-refractivity contribution >= 4 is 23.0 Å². The highest BCUT2D eigenvalue weighted by atomic mass is 19.1. The van der Waals surface area contributed by atoms with Gasteiger partial charge < -0.3 is 15.6 Å². The van der Waals surface area contributed by atoms with Crippen LogP contribution in [0.25, 0.3) is 33.4 Å². The van der Waals surface area contributed by atoms with Crippen LogP contribution in [0, 0.1) is 5.82 Å². The van der Waals surface area contributed by atoms with Crippen molar-refractivity contribution < 1.29 is 9.18 Å². The fourth-order valence-corrected chi connectivity index (χ4v) is 4.40. The molecular formula is C26H29FN8O. The van der Waals surface area contributed by atoms with Gasteiger partial charge in [-0.25, -0.2) is 14.2 Å². The van der Waals surface area contributed by atoms with Gasteiger partial charge in [0.15, 0.2) is 0 Å². The minimum absolute atomic E-state index is 0.205. The number of aromatic nitrogens is 4. The van der Waals surface area contributed by atoms with E-state index in [4.69, 9.17) is 4.98 Å². The Morgan fingerprint density at radius 3 is 2.86 bits per heavy atom. The van der Waals surface area contributed by atoms with Crippen molar-refractivity contribution in [3.05, 3.63) is 60.3 Å². The van der Waals surface area contributed by atoms with Gasteiger partial charge in [-0.15, -0.1) is 0 Å². The van der Waals surface area contributed by atoms with Crippen LogP contribution in [0.3, 0.4) is 0 Å². The molecule has 1 aliphatic heterocycles. The molecule has 9 nitrogen and oxygen atoms in total. The van der Waals surface area contributed by atoms with E-state index in [2.05, 4.69) is 35.8 Å². The molecule has 10 heteroatoms. The van der Waals surface area contributed by atoms with Crippen LogP contribution >= 0.6 is 0 Å². The number of nitrogens with one attached hydrogen (secondary N) is 4. The number of urea groups is 1. The van der Waals surface area contributed by atoms with Crippen LogP contribution < -0.4 is 16.0 Å². The molecule has 0 atom stereocenters. The number of rotatable bonds is 6. The van der Waals surface area contributed by atoms with Crippen LogP contribution in [0.5, 0.6) is 0 Å². The topological polar surface area (TPSA) is 111 Å². The molecule has 2 amide bonds. The zero-order chi connectivity index (χ0) is 24.9. The van der Waals surface area contributed by atoms with E-state index in [1.807, 2.05) is 37.4 Å². The average molecular weight is 489 g/mol. The van der Waals surface area contributed by atoms with Gasteiger partial charge >= 0.3 is 6.03 Å². The summed E-state index contributed by atoms with van der Waals surface area (Å²) in [6.45, 7) is 7.22. The van der Waals surface area contributed by atoms with Crippen LogP contribution in [0.1, 0.15) is 19.0 Å². The van der Waals surface area contributed by atoms with E-state index >= 15 is 0 Å². The number of halogens is 1. The van der Waals surface area contributed by atoms with Gasteiger partial charge in [-0.1, -0.05) is 6.07 Å². The van der Waals surface area contributed by atoms with Gasteiger partial charge in [-0.3, -0.25) is 20.2 Å². The molecule has 1 aromatic carbocycles. The van der Waals surface area contributed by atoms with Crippen LogP contribution in [0.4, 0.5) is 15.1 Å². The fraction of sp³-hybridized carbons (Fsp3) is 0.308. The van der Waals surface area contributed by atoms with E-state index in [0.29, 0.717) is 23.1 Å². The molecule has 5 rings (SSSR count). The van der Waals surface area contributed by atoms with E-state index in [1.165, 1.54) is 6.07 Å². The molecule has 0 bridgehead atoms. The third-order valence-electron chi connectivity index (χ3n) is 6.15. The summed E-state index contributed by atoms with van der Waals surface area (Å²) in [6.07, 6.45) is 4.52. The second-order valence-corrected chi connectivity index (χ2v) is 8.74. The highest BCUT2D eigenvalue weighted by Crippen LogP contribution is 2.34. The summed E-state index contributed by atoms with van der Waals surface area (Å²) in [5.41, 5.74) is 4.65. The number of pyridine rings is 2. The molecule has 186 valence electrons. The monoisotopic (exact) mass is 488 g/mol. The number of imidazole rings is 1. The summed E-state index contributed by atoms with van der Waals surface area (Å²) in [4.78, 5) is 31.0. The number of benzene rings is 1. The molecule has 36 heavy (non-hydrogen) atoms. The third-order valence-corrected chi connectivity index (χ3v) is 6.15. The molecule has 3 aromatic heterocycles. The molecule has 1 fully saturated rings. The first-order valence-corrected chi connectivity index (χ1v) is 12.2. The lowest BCUT2D eigenvalue weighted by atomic mass is 10.0. The second kappa shape index (κ2) is 10.8. The first kappa shape index (κ1) is 23.8. The number of H-pyrrole nitrogens is 1. The second-order valence-electron chi connectivity index (χ2n) is 8.74. The summed E-state index contributed by atoms with van der Waals surface area (Å²) in [6, 6.07) is 10.4. The van der Waals surface area contributed by atoms with Crippen molar-refractivity contribution in [3.8, 4) is 22.4 Å². The minimum Gasteiger partial charge on any atom is -0.338 e. The maximum atomic E-state index is 14.8. The van der Waals surface area contributed by atoms with Crippen molar-refractivity contribution in [1.82, 2.24) is 35.5 Å². The highest BCUT2D eigenvalue weighted by molar-refractivity contribution is 5.98. The van der Waals surface area contributed by atoms with E-state index in [0.717, 1.165) is 56.0 Å². The molecule has 4 N–H and O–H groups in total. The van der Waals surface area contributed by atoms with Crippen LogP contribution in [-0.2, 0) is 6.54 Å². The summed E-state index contributed by atoms with van der Waals surface area (Å²) in [5.74, 6) is -0.171. The van der Waals surface area contributed by atoms with Gasteiger partial charge in [0.25, 0.3) is 0 Å². The molecule has 0 radical (unpaired) electrons. The zero-order valence-corrected chi connectivity index (χ0v) is 20.1. The first-order valence-electron chi connectivity index (χ1n) is 12.2. The number of amides is 2. The van der Waals surface area contributed by atoms with Crippen molar-refractivity contribution in [2.45, 2.75) is 19.9 Å². The van der Waals surface area contributed by atoms with E-state index in [1.54, 1.807) is 12.3 Å². The smallest absolute Gasteiger partial charge is 0.321 e. The van der Waals surface area contributed by atoms with Crippen molar-refractivity contribution in [2.75, 3.05) is 38.0 Å². The lowest BCUT2D eigenvalue weighted by molar-refractivity contribution is 0.252. The minimum atomic E-state index is -0.441. The Morgan fingerprint density at radius 1 is 1.14 bits per heavy atom. The van der Waals surface area contributed by atoms with Gasteiger partial charge in [0, 0.05) is 49.7 Å². The van der Waals surface area contributed by atoms with Gasteiger partial charge in [0.2, 0.25) is 5.95 Å². The maximum Gasteiger partial charge on any atom is 0.321 e. The molecule has 0 unspecified atom stereocenters. The first-order chi connectivity index (χ1) is 17.6. The standard InChI is InChI=1S/C26H29FN8O/c1-2-29-26(36)34-25-32-22-14-18(13-20(24(22)33-25)23-21(27)5-3-9-30-23)17-6-7-19(31-15-17)16-35-11-4-8-28-10-12-35/h3,5-7,9,13-15,28H,2,4,8,10-12,16H2,1H3,(H3,29,32,33,34,36). The molecule has 0 saturated carbocycles. The van der Waals surface area contributed by atoms with Gasteiger partial charge in [-0.2, -0.15) is 0 Å². The normalized spacial score (nSPS) is 14.5. The van der Waals surface area contributed by atoms with E-state index in [-0.39, 0.29) is 17.7 Å². The Bertz CT molecular complexity index is 1350. The van der Waals surface area contributed by atoms with Gasteiger partial charge in [0.05, 0.1) is 16.7 Å². The average Bonchev–Trinajstić information content (AvgIpc) is 3.10. The van der Waals surface area contributed by atoms with Crippen LogP contribution in [0.2, 0.25) is 0 Å². The number of carbonyl (C=O) groups excluding carboxylic acids is 1. The Labute approximate surface area is 208 Å². The largest absolute Gasteiger partial charge is 0.338 e. The van der Waals surface area contributed by atoms with Crippen LogP contribution in [0.15, 0.2) is 48.8 Å². The van der Waals surface area contributed by atoms with Gasteiger partial charge in [0.1, 0.15) is 11.5 Å². The Hall–Kier alpha value is -3.89. The third kappa shape index (κ3) is 5.34. The van der Waals surface area contributed by atoms with Gasteiger partial charge in [-0.05, 0) is 62.3 Å². The number of carbonyl (C=O) groups is 1. The van der Waals surface area contributed by atoms with E-state index in [9.17, 15) is 9.18 Å². The Balaban J connectivity index is 1.49. The molecule has 1 aliphatic rings. The summed E-state index contributed by atoms with van der Waals surface area (Å²) in [5, 5.41) is 8.77. The predicted octanol–water partition coefficient (Wildman–Crippen LogP) is 3.76. The number of nitrogens with zero attached hydrogens (tertiary/aromatic N) is 4. The number of anilines is 1. The Kier molecular flexibility index (Phi) is 7.15. The predicted molar refractivity (Wildman–Crippen MR) is 138 cm³/mol. The van der Waals surface area contributed by atoms with Crippen LogP contribution in [-0.4, -0.2) is 63.6 Å². The summed E-state index contributed by atoms with van der Waals surface area (Å²) in [7, 11) is 0. The number of fused-ring (bicyclic) bond motifs is 1. The SMILES string of the molecule is CCNC(=O)Nc1nc2cc(-c3ccc(CN4CCCNCC4)nc3)cc(-c3ncccc3F)c2[nH]1. The van der Waals surface area contributed by atoms with Crippen molar-refractivity contribution in [3.63, 3.8) is 0 Å². The number of hydrogen-bond donors (Lipinski definition) is 4. The highest BCUT2D eigenvalue weighted by Gasteiger charge is 2.17. The molecule has 4 heterocycles. The number of hydrogen-bond acceptors (Lipinski definition) is 6. The fourth-order valence-electron chi connectivity index (χ4n) is 4.40. The summed E-state index contributed by atoms with van der Waals surface area (Å²) < 4.78 is 14.8. The van der Waals surface area contributed by atoms with Crippen molar-refractivity contribution in [1.29, 1.82) is 0 Å². The lowest BCUT2D eigenvalue weighted by Gasteiger charge is -2.18. The quantitative estimate of drug-likeness (QED) is 0.329. The molecule has 4 aromatic rings. The zero-order valence-electron chi connectivity index (χ0n) is 20.1.